The lowest BCUT2D eigenvalue weighted by molar-refractivity contribution is -0.130. The maximum Gasteiger partial charge on any atom is 0.410 e. The van der Waals surface area contributed by atoms with E-state index < -0.39 is 35.6 Å². The van der Waals surface area contributed by atoms with Gasteiger partial charge in [-0.25, -0.2) is 9.18 Å². The molecule has 1 aliphatic heterocycles. The van der Waals surface area contributed by atoms with E-state index in [1.54, 1.807) is 46.6 Å². The van der Waals surface area contributed by atoms with Crippen LogP contribution in [0.25, 0.3) is 0 Å². The van der Waals surface area contributed by atoms with Gasteiger partial charge in [0, 0.05) is 19.8 Å². The van der Waals surface area contributed by atoms with Gasteiger partial charge in [0.1, 0.15) is 17.1 Å². The van der Waals surface area contributed by atoms with Crippen LogP contribution in [-0.2, 0) is 19.0 Å². The molecule has 1 aromatic carbocycles. The van der Waals surface area contributed by atoms with Crippen molar-refractivity contribution in [3.63, 3.8) is 0 Å². The summed E-state index contributed by atoms with van der Waals surface area (Å²) in [6, 6.07) is 3.64. The van der Waals surface area contributed by atoms with Crippen molar-refractivity contribution in [1.82, 2.24) is 10.2 Å². The Balaban J connectivity index is 2.13. The van der Waals surface area contributed by atoms with Crippen molar-refractivity contribution in [2.75, 3.05) is 27.3 Å². The first-order valence-electron chi connectivity index (χ1n) is 11.2. The van der Waals surface area contributed by atoms with E-state index in [2.05, 4.69) is 10.5 Å². The SMILES string of the molecule is COC1CC([C@H](OC)[C@@H](C)C(=O)NCC(=NO)c2ccc(F)cc2C)N(C(=O)OC(C)(C)C)C1. The Kier molecular flexibility index (Phi) is 9.40. The topological polar surface area (TPSA) is 110 Å². The first kappa shape index (κ1) is 27.5. The average Bonchev–Trinajstić information content (AvgIpc) is 3.18. The second-order valence-electron chi connectivity index (χ2n) is 9.51. The molecule has 0 radical (unpaired) electrons. The van der Waals surface area contributed by atoms with E-state index in [0.29, 0.717) is 24.1 Å². The van der Waals surface area contributed by atoms with E-state index >= 15 is 0 Å². The number of aryl methyl sites for hydroxylation is 1. The molecule has 1 aromatic rings. The van der Waals surface area contributed by atoms with Gasteiger partial charge < -0.3 is 24.7 Å². The zero-order chi connectivity index (χ0) is 25.6. The Bertz CT molecular complexity index is 901. The molecule has 4 atom stereocenters. The number of methoxy groups -OCH3 is 2. The molecule has 1 fully saturated rings. The van der Waals surface area contributed by atoms with Crippen molar-refractivity contribution >= 4 is 17.7 Å². The number of hydrogen-bond acceptors (Lipinski definition) is 7. The van der Waals surface area contributed by atoms with E-state index in [0.717, 1.165) is 0 Å². The molecule has 0 saturated carbocycles. The van der Waals surface area contributed by atoms with Crippen LogP contribution >= 0.6 is 0 Å². The van der Waals surface area contributed by atoms with Crippen molar-refractivity contribution in [2.24, 2.45) is 11.1 Å². The fraction of sp³-hybridized carbons (Fsp3) is 0.625. The minimum absolute atomic E-state index is 0.0658. The minimum atomic E-state index is -0.670. The summed E-state index contributed by atoms with van der Waals surface area (Å²) in [5.41, 5.74) is 0.628. The number of carbonyl (C=O) groups excluding carboxylic acids is 2. The maximum absolute atomic E-state index is 13.4. The highest BCUT2D eigenvalue weighted by molar-refractivity contribution is 6.04. The second-order valence-corrected chi connectivity index (χ2v) is 9.51. The second kappa shape index (κ2) is 11.6. The summed E-state index contributed by atoms with van der Waals surface area (Å²) in [5, 5.41) is 15.5. The smallest absolute Gasteiger partial charge is 0.410 e. The standard InChI is InChI=1S/C24H36FN3O6/c1-14-10-16(25)8-9-18(14)19(27-31)12-26-22(29)15(2)21(33-7)20-11-17(32-6)13-28(20)23(30)34-24(3,4)5/h8-10,15,17,20-21,31H,11-13H2,1-7H3,(H,26,29)/t15-,17?,20?,21-/m1/s1. The number of likely N-dealkylation sites (tertiary alicyclic amines) is 1. The quantitative estimate of drug-likeness (QED) is 0.335. The number of rotatable bonds is 8. The van der Waals surface area contributed by atoms with Crippen LogP contribution in [0.1, 0.15) is 45.2 Å². The van der Waals surface area contributed by atoms with Crippen molar-refractivity contribution in [3.8, 4) is 0 Å². The number of hydrogen-bond donors (Lipinski definition) is 2. The monoisotopic (exact) mass is 481 g/mol. The Morgan fingerprint density at radius 1 is 1.32 bits per heavy atom. The fourth-order valence-corrected chi connectivity index (χ4v) is 4.15. The number of ether oxygens (including phenoxy) is 3. The molecule has 1 heterocycles. The zero-order valence-electron chi connectivity index (χ0n) is 20.9. The van der Waals surface area contributed by atoms with Crippen LogP contribution in [0.4, 0.5) is 9.18 Å². The lowest BCUT2D eigenvalue weighted by atomic mass is 9.94. The van der Waals surface area contributed by atoms with Crippen LogP contribution in [-0.4, -0.2) is 79.0 Å². The molecule has 2 rings (SSSR count). The molecular formula is C24H36FN3O6. The van der Waals surface area contributed by atoms with Crippen LogP contribution in [0.5, 0.6) is 0 Å². The number of benzene rings is 1. The van der Waals surface area contributed by atoms with Crippen LogP contribution < -0.4 is 5.32 Å². The molecule has 0 aliphatic carbocycles. The van der Waals surface area contributed by atoms with Gasteiger partial charge in [-0.2, -0.15) is 0 Å². The van der Waals surface area contributed by atoms with Gasteiger partial charge in [0.15, 0.2) is 0 Å². The van der Waals surface area contributed by atoms with Gasteiger partial charge >= 0.3 is 6.09 Å². The number of halogens is 1. The maximum atomic E-state index is 13.4. The predicted molar refractivity (Wildman–Crippen MR) is 125 cm³/mol. The summed E-state index contributed by atoms with van der Waals surface area (Å²) in [5.74, 6) is -1.40. The largest absolute Gasteiger partial charge is 0.444 e. The molecule has 0 aromatic heterocycles. The summed E-state index contributed by atoms with van der Waals surface area (Å²) in [6.45, 7) is 9.02. The third-order valence-corrected chi connectivity index (χ3v) is 5.87. The summed E-state index contributed by atoms with van der Waals surface area (Å²) < 4.78 is 30.1. The lowest BCUT2D eigenvalue weighted by Crippen LogP contribution is -2.51. The molecule has 34 heavy (non-hydrogen) atoms. The Morgan fingerprint density at radius 3 is 2.53 bits per heavy atom. The van der Waals surface area contributed by atoms with E-state index in [1.165, 1.54) is 25.3 Å². The molecule has 2 N–H and O–H groups in total. The number of carbonyl (C=O) groups is 2. The summed E-state index contributed by atoms with van der Waals surface area (Å²) >= 11 is 0. The lowest BCUT2D eigenvalue weighted by Gasteiger charge is -2.34. The highest BCUT2D eigenvalue weighted by Gasteiger charge is 2.45. The minimum Gasteiger partial charge on any atom is -0.444 e. The van der Waals surface area contributed by atoms with E-state index in [-0.39, 0.29) is 24.3 Å². The van der Waals surface area contributed by atoms with Gasteiger partial charge in [-0.1, -0.05) is 12.1 Å². The van der Waals surface area contributed by atoms with Gasteiger partial charge in [0.25, 0.3) is 0 Å². The van der Waals surface area contributed by atoms with Gasteiger partial charge in [-0.05, 0) is 57.9 Å². The molecule has 1 aliphatic rings. The first-order chi connectivity index (χ1) is 15.9. The predicted octanol–water partition coefficient (Wildman–Crippen LogP) is 3.10. The molecule has 0 spiro atoms. The third-order valence-electron chi connectivity index (χ3n) is 5.87. The molecule has 0 bridgehead atoms. The summed E-state index contributed by atoms with van der Waals surface area (Å²) in [6.07, 6.45) is -0.841. The van der Waals surface area contributed by atoms with Crippen molar-refractivity contribution < 1.29 is 33.4 Å². The van der Waals surface area contributed by atoms with Crippen molar-refractivity contribution in [2.45, 2.75) is 64.9 Å². The van der Waals surface area contributed by atoms with Gasteiger partial charge in [0.05, 0.1) is 37.3 Å². The van der Waals surface area contributed by atoms with E-state index in [1.807, 2.05) is 0 Å². The number of amides is 2. The van der Waals surface area contributed by atoms with Crippen molar-refractivity contribution in [3.05, 3.63) is 35.1 Å². The molecule has 2 amide bonds. The first-order valence-corrected chi connectivity index (χ1v) is 11.2. The Morgan fingerprint density at radius 2 is 2.00 bits per heavy atom. The van der Waals surface area contributed by atoms with E-state index in [9.17, 15) is 19.2 Å². The highest BCUT2D eigenvalue weighted by atomic mass is 19.1. The molecular weight excluding hydrogens is 445 g/mol. The average molecular weight is 482 g/mol. The normalized spacial score (nSPS) is 20.7. The van der Waals surface area contributed by atoms with Gasteiger partial charge in [-0.3, -0.25) is 9.69 Å². The highest BCUT2D eigenvalue weighted by Crippen LogP contribution is 2.29. The fourth-order valence-electron chi connectivity index (χ4n) is 4.15. The molecule has 1 saturated heterocycles. The summed E-state index contributed by atoms with van der Waals surface area (Å²) in [7, 11) is 3.07. The number of nitrogens with zero attached hydrogens (tertiary/aromatic N) is 2. The molecule has 2 unspecified atom stereocenters. The van der Waals surface area contributed by atoms with E-state index in [4.69, 9.17) is 14.2 Å². The number of nitrogens with one attached hydrogen (secondary N) is 1. The summed E-state index contributed by atoms with van der Waals surface area (Å²) in [4.78, 5) is 27.4. The van der Waals surface area contributed by atoms with Crippen LogP contribution in [0.15, 0.2) is 23.4 Å². The van der Waals surface area contributed by atoms with Gasteiger partial charge in [-0.15, -0.1) is 0 Å². The van der Waals surface area contributed by atoms with Crippen LogP contribution in [0.3, 0.4) is 0 Å². The third kappa shape index (κ3) is 6.89. The van der Waals surface area contributed by atoms with Crippen LogP contribution in [0.2, 0.25) is 0 Å². The zero-order valence-corrected chi connectivity index (χ0v) is 20.9. The van der Waals surface area contributed by atoms with Gasteiger partial charge in [0.2, 0.25) is 5.91 Å². The molecule has 9 nitrogen and oxygen atoms in total. The molecule has 190 valence electrons. The molecule has 10 heteroatoms. The van der Waals surface area contributed by atoms with Crippen molar-refractivity contribution in [1.29, 1.82) is 0 Å². The number of oxime groups is 1. The Hall–Kier alpha value is -2.72. The van der Waals surface area contributed by atoms with Crippen LogP contribution in [0, 0.1) is 18.7 Å². The Labute approximate surface area is 200 Å².